The SMILES string of the molecule is COCCCn1nnc(CC#N)c1C(C)C. The Bertz CT molecular complexity index is 365. The maximum absolute atomic E-state index is 8.70. The molecule has 5 heteroatoms. The van der Waals surface area contributed by atoms with Crippen LogP contribution in [0, 0.1) is 11.3 Å². The molecule has 0 radical (unpaired) electrons. The second-order valence-corrected chi connectivity index (χ2v) is 3.98. The molecule has 0 amide bonds. The predicted octanol–water partition coefficient (Wildman–Crippen LogP) is 1.50. The molecule has 0 bridgehead atoms. The third-order valence-corrected chi connectivity index (χ3v) is 2.36. The Hall–Kier alpha value is -1.41. The first-order chi connectivity index (χ1) is 7.70. The molecule has 0 saturated heterocycles. The number of ether oxygens (including phenoxy) is 1. The smallest absolute Gasteiger partial charge is 0.100 e. The van der Waals surface area contributed by atoms with Crippen LogP contribution in [0.25, 0.3) is 0 Å². The molecule has 5 nitrogen and oxygen atoms in total. The fourth-order valence-electron chi connectivity index (χ4n) is 1.71. The van der Waals surface area contributed by atoms with E-state index in [0.29, 0.717) is 18.9 Å². The van der Waals surface area contributed by atoms with Crippen LogP contribution >= 0.6 is 0 Å². The van der Waals surface area contributed by atoms with Crippen molar-refractivity contribution in [3.8, 4) is 6.07 Å². The summed E-state index contributed by atoms with van der Waals surface area (Å²) in [4.78, 5) is 0. The van der Waals surface area contributed by atoms with Gasteiger partial charge in [0.15, 0.2) is 0 Å². The van der Waals surface area contributed by atoms with Crippen molar-refractivity contribution in [3.05, 3.63) is 11.4 Å². The van der Waals surface area contributed by atoms with Gasteiger partial charge in [-0.15, -0.1) is 5.10 Å². The average Bonchev–Trinajstić information content (AvgIpc) is 2.62. The number of nitrogens with zero attached hydrogens (tertiary/aromatic N) is 4. The normalized spacial score (nSPS) is 10.7. The molecule has 0 fully saturated rings. The molecule has 1 heterocycles. The Morgan fingerprint density at radius 3 is 2.81 bits per heavy atom. The summed E-state index contributed by atoms with van der Waals surface area (Å²) in [6, 6.07) is 2.12. The summed E-state index contributed by atoms with van der Waals surface area (Å²) < 4.78 is 6.89. The summed E-state index contributed by atoms with van der Waals surface area (Å²) in [5.41, 5.74) is 1.87. The molecular weight excluding hydrogens is 204 g/mol. The van der Waals surface area contributed by atoms with Gasteiger partial charge in [-0.3, -0.25) is 0 Å². The zero-order chi connectivity index (χ0) is 12.0. The van der Waals surface area contributed by atoms with E-state index in [-0.39, 0.29) is 0 Å². The van der Waals surface area contributed by atoms with E-state index in [4.69, 9.17) is 10.00 Å². The number of nitriles is 1. The first-order valence-corrected chi connectivity index (χ1v) is 5.48. The minimum atomic E-state index is 0.331. The van der Waals surface area contributed by atoms with Crippen molar-refractivity contribution in [1.82, 2.24) is 15.0 Å². The molecule has 0 spiro atoms. The number of rotatable bonds is 6. The maximum Gasteiger partial charge on any atom is 0.100 e. The third-order valence-electron chi connectivity index (χ3n) is 2.36. The molecule has 16 heavy (non-hydrogen) atoms. The fourth-order valence-corrected chi connectivity index (χ4v) is 1.71. The number of methoxy groups -OCH3 is 1. The topological polar surface area (TPSA) is 63.7 Å². The van der Waals surface area contributed by atoms with Gasteiger partial charge in [-0.05, 0) is 12.3 Å². The lowest BCUT2D eigenvalue weighted by Crippen LogP contribution is -2.09. The molecule has 0 unspecified atom stereocenters. The highest BCUT2D eigenvalue weighted by Crippen LogP contribution is 2.18. The zero-order valence-electron chi connectivity index (χ0n) is 10.1. The monoisotopic (exact) mass is 222 g/mol. The fraction of sp³-hybridized carbons (Fsp3) is 0.727. The molecule has 0 aliphatic heterocycles. The lowest BCUT2D eigenvalue weighted by Gasteiger charge is -2.09. The van der Waals surface area contributed by atoms with Gasteiger partial charge in [0.2, 0.25) is 0 Å². The van der Waals surface area contributed by atoms with E-state index in [2.05, 4.69) is 30.2 Å². The lowest BCUT2D eigenvalue weighted by molar-refractivity contribution is 0.188. The molecule has 0 aromatic carbocycles. The van der Waals surface area contributed by atoms with Crippen LogP contribution in [0.2, 0.25) is 0 Å². The molecule has 0 saturated carbocycles. The Kier molecular flexibility index (Phi) is 4.93. The van der Waals surface area contributed by atoms with Gasteiger partial charge >= 0.3 is 0 Å². The van der Waals surface area contributed by atoms with Crippen molar-refractivity contribution in [2.75, 3.05) is 13.7 Å². The van der Waals surface area contributed by atoms with Crippen LogP contribution in [0.4, 0.5) is 0 Å². The quantitative estimate of drug-likeness (QED) is 0.684. The Labute approximate surface area is 96.0 Å². The highest BCUT2D eigenvalue weighted by molar-refractivity contribution is 5.17. The van der Waals surface area contributed by atoms with Gasteiger partial charge in [0, 0.05) is 20.3 Å². The second-order valence-electron chi connectivity index (χ2n) is 3.98. The molecule has 1 aromatic rings. The summed E-state index contributed by atoms with van der Waals surface area (Å²) in [6.45, 7) is 5.68. The maximum atomic E-state index is 8.70. The predicted molar refractivity (Wildman–Crippen MR) is 59.9 cm³/mol. The molecule has 88 valence electrons. The number of hydrogen-bond donors (Lipinski definition) is 0. The van der Waals surface area contributed by atoms with E-state index in [1.54, 1.807) is 7.11 Å². The van der Waals surface area contributed by atoms with Gasteiger partial charge in [-0.2, -0.15) is 5.26 Å². The lowest BCUT2D eigenvalue weighted by atomic mass is 10.1. The molecule has 0 N–H and O–H groups in total. The standard InChI is InChI=1S/C11H18N4O/c1-9(2)11-10(5-6-12)13-14-15(11)7-4-8-16-3/h9H,4-5,7-8H2,1-3H3. The van der Waals surface area contributed by atoms with Crippen LogP contribution in [-0.4, -0.2) is 28.7 Å². The molecule has 0 aliphatic rings. The van der Waals surface area contributed by atoms with Crippen LogP contribution in [-0.2, 0) is 17.7 Å². The van der Waals surface area contributed by atoms with Crippen LogP contribution in [0.5, 0.6) is 0 Å². The molecule has 0 aliphatic carbocycles. The third kappa shape index (κ3) is 3.04. The van der Waals surface area contributed by atoms with Crippen molar-refractivity contribution in [2.24, 2.45) is 0 Å². The minimum absolute atomic E-state index is 0.331. The van der Waals surface area contributed by atoms with E-state index < -0.39 is 0 Å². The van der Waals surface area contributed by atoms with E-state index in [1.165, 1.54) is 0 Å². The highest BCUT2D eigenvalue weighted by Gasteiger charge is 2.15. The van der Waals surface area contributed by atoms with Crippen LogP contribution in [0.1, 0.15) is 37.6 Å². The van der Waals surface area contributed by atoms with E-state index in [1.807, 2.05) is 4.68 Å². The Balaban J connectivity index is 2.79. The summed E-state index contributed by atoms with van der Waals surface area (Å²) in [7, 11) is 1.69. The van der Waals surface area contributed by atoms with Gasteiger partial charge in [0.25, 0.3) is 0 Å². The largest absolute Gasteiger partial charge is 0.385 e. The van der Waals surface area contributed by atoms with E-state index in [9.17, 15) is 0 Å². The van der Waals surface area contributed by atoms with E-state index >= 15 is 0 Å². The summed E-state index contributed by atoms with van der Waals surface area (Å²) in [5, 5.41) is 16.8. The zero-order valence-corrected chi connectivity index (χ0v) is 10.1. The summed E-state index contributed by atoms with van der Waals surface area (Å²) >= 11 is 0. The average molecular weight is 222 g/mol. The van der Waals surface area contributed by atoms with Gasteiger partial charge in [0.05, 0.1) is 18.2 Å². The molecule has 1 aromatic heterocycles. The first kappa shape index (κ1) is 12.7. The molecular formula is C11H18N4O. The Morgan fingerprint density at radius 2 is 2.25 bits per heavy atom. The number of hydrogen-bond acceptors (Lipinski definition) is 4. The summed E-state index contributed by atoms with van der Waals surface area (Å²) in [6.07, 6.45) is 1.24. The van der Waals surface area contributed by atoms with Gasteiger partial charge in [-0.1, -0.05) is 19.1 Å². The summed E-state index contributed by atoms with van der Waals surface area (Å²) in [5.74, 6) is 0.334. The van der Waals surface area contributed by atoms with Gasteiger partial charge in [0.1, 0.15) is 5.69 Å². The van der Waals surface area contributed by atoms with Crippen molar-refractivity contribution in [3.63, 3.8) is 0 Å². The van der Waals surface area contributed by atoms with Crippen molar-refractivity contribution in [1.29, 1.82) is 5.26 Å². The van der Waals surface area contributed by atoms with Crippen LogP contribution < -0.4 is 0 Å². The highest BCUT2D eigenvalue weighted by atomic mass is 16.5. The van der Waals surface area contributed by atoms with Gasteiger partial charge < -0.3 is 4.74 Å². The molecule has 0 atom stereocenters. The van der Waals surface area contributed by atoms with Gasteiger partial charge in [-0.25, -0.2) is 4.68 Å². The number of aryl methyl sites for hydroxylation is 1. The minimum Gasteiger partial charge on any atom is -0.385 e. The van der Waals surface area contributed by atoms with Crippen molar-refractivity contribution >= 4 is 0 Å². The first-order valence-electron chi connectivity index (χ1n) is 5.48. The Morgan fingerprint density at radius 1 is 1.50 bits per heavy atom. The second kappa shape index (κ2) is 6.23. The molecule has 1 rings (SSSR count). The van der Waals surface area contributed by atoms with Crippen LogP contribution in [0.15, 0.2) is 0 Å². The van der Waals surface area contributed by atoms with Crippen molar-refractivity contribution < 1.29 is 4.74 Å². The van der Waals surface area contributed by atoms with Crippen molar-refractivity contribution in [2.45, 2.75) is 39.2 Å². The number of aromatic nitrogens is 3. The van der Waals surface area contributed by atoms with E-state index in [0.717, 1.165) is 24.4 Å². The van der Waals surface area contributed by atoms with Crippen LogP contribution in [0.3, 0.4) is 0 Å².